The molecule has 26 heavy (non-hydrogen) atoms. The summed E-state index contributed by atoms with van der Waals surface area (Å²) < 4.78 is 30.5. The van der Waals surface area contributed by atoms with Gasteiger partial charge in [0.25, 0.3) is 5.69 Å². The third kappa shape index (κ3) is 3.38. The van der Waals surface area contributed by atoms with E-state index in [2.05, 4.69) is 5.32 Å². The summed E-state index contributed by atoms with van der Waals surface area (Å²) in [7, 11) is -4.25. The van der Waals surface area contributed by atoms with Gasteiger partial charge in [-0.25, -0.2) is 0 Å². The molecule has 0 bridgehead atoms. The number of rotatable bonds is 4. The lowest BCUT2D eigenvalue weighted by Crippen LogP contribution is -2.19. The second kappa shape index (κ2) is 6.41. The number of amides is 1. The zero-order valence-electron chi connectivity index (χ0n) is 14.1. The van der Waals surface area contributed by atoms with Crippen LogP contribution < -0.4 is 9.50 Å². The highest BCUT2D eigenvalue weighted by Gasteiger charge is 2.25. The van der Waals surface area contributed by atoms with E-state index < -0.39 is 15.0 Å². The minimum atomic E-state index is -4.25. The fraction of sp³-hybridized carbons (Fsp3) is 0.235. The number of carbonyl (C=O) groups excluding carboxylic acids is 1. The molecule has 136 valence electrons. The molecule has 0 spiro atoms. The van der Waals surface area contributed by atoms with Gasteiger partial charge >= 0.3 is 10.1 Å². The normalized spacial score (nSPS) is 13.7. The van der Waals surface area contributed by atoms with Gasteiger partial charge in [-0.1, -0.05) is 0 Å². The number of non-ortho nitro benzene ring substituents is 1. The molecule has 9 heteroatoms. The maximum atomic E-state index is 12.7. The number of carbonyl (C=O) groups is 1. The first-order valence-electron chi connectivity index (χ1n) is 7.80. The Balaban J connectivity index is 1.97. The van der Waals surface area contributed by atoms with E-state index in [1.807, 2.05) is 0 Å². The Morgan fingerprint density at radius 3 is 2.58 bits per heavy atom. The number of benzene rings is 2. The van der Waals surface area contributed by atoms with Gasteiger partial charge in [-0.05, 0) is 55.2 Å². The maximum absolute atomic E-state index is 12.7. The van der Waals surface area contributed by atoms with Gasteiger partial charge < -0.3 is 9.50 Å². The molecule has 8 nitrogen and oxygen atoms in total. The van der Waals surface area contributed by atoms with Crippen LogP contribution in [0.1, 0.15) is 23.1 Å². The van der Waals surface area contributed by atoms with Crippen molar-refractivity contribution >= 4 is 27.4 Å². The quantitative estimate of drug-likeness (QED) is 0.498. The van der Waals surface area contributed by atoms with Gasteiger partial charge in [0.05, 0.1) is 4.92 Å². The van der Waals surface area contributed by atoms with Gasteiger partial charge in [-0.3, -0.25) is 14.9 Å². The summed E-state index contributed by atoms with van der Waals surface area (Å²) in [5.74, 6) is -0.00931. The molecule has 0 fully saturated rings. The Labute approximate surface area is 150 Å². The van der Waals surface area contributed by atoms with Crippen molar-refractivity contribution in [2.45, 2.75) is 31.6 Å². The van der Waals surface area contributed by atoms with Crippen LogP contribution in [0, 0.1) is 24.0 Å². The average Bonchev–Trinajstić information content (AvgIpc) is 2.56. The van der Waals surface area contributed by atoms with Gasteiger partial charge in [0.1, 0.15) is 10.6 Å². The third-order valence-electron chi connectivity index (χ3n) is 4.26. The molecule has 1 amide bonds. The van der Waals surface area contributed by atoms with Crippen LogP contribution in [0.15, 0.2) is 35.2 Å². The molecule has 2 aromatic rings. The van der Waals surface area contributed by atoms with Crippen molar-refractivity contribution in [2.24, 2.45) is 0 Å². The zero-order valence-corrected chi connectivity index (χ0v) is 14.9. The minimum Gasteiger partial charge on any atom is -0.379 e. The predicted molar refractivity (Wildman–Crippen MR) is 93.8 cm³/mol. The molecule has 0 unspecified atom stereocenters. The Kier molecular flexibility index (Phi) is 4.41. The van der Waals surface area contributed by atoms with E-state index in [1.165, 1.54) is 12.1 Å². The first-order chi connectivity index (χ1) is 12.2. The lowest BCUT2D eigenvalue weighted by molar-refractivity contribution is -0.385. The molecule has 0 atom stereocenters. The molecular formula is C17H16N2O6S. The number of fused-ring (bicyclic) bond motifs is 1. The van der Waals surface area contributed by atoms with Crippen molar-refractivity contribution in [2.75, 3.05) is 5.32 Å². The number of nitro groups is 1. The molecule has 1 heterocycles. The summed E-state index contributed by atoms with van der Waals surface area (Å²) in [5.41, 5.74) is 1.94. The van der Waals surface area contributed by atoms with Crippen LogP contribution in [-0.4, -0.2) is 19.2 Å². The average molecular weight is 376 g/mol. The number of nitro benzene ring substituents is 1. The zero-order chi connectivity index (χ0) is 19.1. The van der Waals surface area contributed by atoms with Crippen LogP contribution in [0.2, 0.25) is 0 Å². The second-order valence-electron chi connectivity index (χ2n) is 6.05. The number of hydrogen-bond donors (Lipinski definition) is 1. The number of nitrogens with one attached hydrogen (secondary N) is 1. The molecular weight excluding hydrogens is 360 g/mol. The fourth-order valence-corrected chi connectivity index (χ4v) is 4.00. The molecule has 3 rings (SSSR count). The lowest BCUT2D eigenvalue weighted by atomic mass is 10.0. The van der Waals surface area contributed by atoms with Gasteiger partial charge in [0, 0.05) is 24.2 Å². The van der Waals surface area contributed by atoms with E-state index in [0.29, 0.717) is 29.7 Å². The highest BCUT2D eigenvalue weighted by atomic mass is 32.2. The first kappa shape index (κ1) is 17.9. The Hall–Kier alpha value is -2.94. The maximum Gasteiger partial charge on any atom is 0.339 e. The highest BCUT2D eigenvalue weighted by molar-refractivity contribution is 7.87. The molecule has 0 saturated carbocycles. The van der Waals surface area contributed by atoms with E-state index in [-0.39, 0.29) is 22.2 Å². The van der Waals surface area contributed by atoms with Gasteiger partial charge in [0.2, 0.25) is 5.91 Å². The van der Waals surface area contributed by atoms with Crippen LogP contribution in [0.3, 0.4) is 0 Å². The predicted octanol–water partition coefficient (Wildman–Crippen LogP) is 2.86. The van der Waals surface area contributed by atoms with Crippen molar-refractivity contribution in [3.05, 3.63) is 57.1 Å². The first-order valence-corrected chi connectivity index (χ1v) is 9.21. The Morgan fingerprint density at radius 2 is 1.88 bits per heavy atom. The molecule has 0 radical (unpaired) electrons. The molecule has 0 saturated heterocycles. The van der Waals surface area contributed by atoms with Gasteiger partial charge in [0.15, 0.2) is 0 Å². The summed E-state index contributed by atoms with van der Waals surface area (Å²) in [6.45, 7) is 3.17. The van der Waals surface area contributed by atoms with E-state index in [1.54, 1.807) is 26.0 Å². The van der Waals surface area contributed by atoms with Gasteiger partial charge in [-0.15, -0.1) is 0 Å². The standard InChI is InChI=1S/C17H16N2O6S/c1-10-7-13(19(21)22)9-16(11(10)2)26(23,24)25-14-4-5-15-12(8-14)3-6-17(20)18-15/h4-5,7-9H,3,6H2,1-2H3,(H,18,20). The smallest absolute Gasteiger partial charge is 0.339 e. The highest BCUT2D eigenvalue weighted by Crippen LogP contribution is 2.31. The van der Waals surface area contributed by atoms with Crippen LogP contribution in [0.5, 0.6) is 5.75 Å². The topological polar surface area (TPSA) is 116 Å². The summed E-state index contributed by atoms with van der Waals surface area (Å²) in [5, 5.41) is 13.7. The fourth-order valence-electron chi connectivity index (χ4n) is 2.76. The Morgan fingerprint density at radius 1 is 1.15 bits per heavy atom. The van der Waals surface area contributed by atoms with Crippen molar-refractivity contribution in [1.82, 2.24) is 0 Å². The molecule has 0 aliphatic carbocycles. The monoisotopic (exact) mass is 376 g/mol. The van der Waals surface area contributed by atoms with E-state index in [9.17, 15) is 23.3 Å². The summed E-state index contributed by atoms with van der Waals surface area (Å²) in [4.78, 5) is 21.5. The molecule has 1 N–H and O–H groups in total. The Bertz CT molecular complexity index is 1030. The molecule has 2 aromatic carbocycles. The largest absolute Gasteiger partial charge is 0.379 e. The summed E-state index contributed by atoms with van der Waals surface area (Å²) in [6, 6.07) is 6.86. The van der Waals surface area contributed by atoms with Gasteiger partial charge in [-0.2, -0.15) is 8.42 Å². The number of aryl methyl sites for hydroxylation is 2. The van der Waals surface area contributed by atoms with Crippen molar-refractivity contribution in [3.8, 4) is 5.75 Å². The van der Waals surface area contributed by atoms with E-state index >= 15 is 0 Å². The molecule has 0 aromatic heterocycles. The number of anilines is 1. The van der Waals surface area contributed by atoms with Crippen LogP contribution in [0.25, 0.3) is 0 Å². The summed E-state index contributed by atoms with van der Waals surface area (Å²) in [6.07, 6.45) is 0.791. The molecule has 1 aliphatic heterocycles. The number of hydrogen-bond acceptors (Lipinski definition) is 6. The van der Waals surface area contributed by atoms with Crippen LogP contribution in [-0.2, 0) is 21.3 Å². The number of nitrogens with zero attached hydrogens (tertiary/aromatic N) is 1. The van der Waals surface area contributed by atoms with Crippen LogP contribution >= 0.6 is 0 Å². The summed E-state index contributed by atoms with van der Waals surface area (Å²) >= 11 is 0. The van der Waals surface area contributed by atoms with E-state index in [4.69, 9.17) is 4.18 Å². The minimum absolute atomic E-state index is 0.0865. The SMILES string of the molecule is Cc1cc([N+](=O)[O-])cc(S(=O)(=O)Oc2ccc3c(c2)CCC(=O)N3)c1C. The van der Waals surface area contributed by atoms with Crippen molar-refractivity contribution < 1.29 is 22.3 Å². The van der Waals surface area contributed by atoms with Crippen molar-refractivity contribution in [1.29, 1.82) is 0 Å². The third-order valence-corrected chi connectivity index (χ3v) is 5.64. The van der Waals surface area contributed by atoms with E-state index in [0.717, 1.165) is 11.6 Å². The lowest BCUT2D eigenvalue weighted by Gasteiger charge is -2.18. The molecule has 1 aliphatic rings. The van der Waals surface area contributed by atoms with Crippen molar-refractivity contribution in [3.63, 3.8) is 0 Å². The second-order valence-corrected chi connectivity index (χ2v) is 7.56. The van der Waals surface area contributed by atoms with Crippen LogP contribution in [0.4, 0.5) is 11.4 Å².